The van der Waals surface area contributed by atoms with Gasteiger partial charge in [-0.3, -0.25) is 4.79 Å². The van der Waals surface area contributed by atoms with E-state index in [4.69, 9.17) is 9.47 Å². The van der Waals surface area contributed by atoms with Crippen LogP contribution in [0, 0.1) is 6.92 Å². The molecule has 0 saturated carbocycles. The van der Waals surface area contributed by atoms with Crippen LogP contribution in [-0.2, 0) is 4.79 Å². The predicted molar refractivity (Wildman–Crippen MR) is 82.9 cm³/mol. The molecule has 0 aliphatic carbocycles. The molecule has 2 aromatic carbocycles. The number of carbonyl (C=O) groups is 1. The number of para-hydroxylation sites is 1. The van der Waals surface area contributed by atoms with Crippen molar-refractivity contribution in [2.45, 2.75) is 20.0 Å². The highest BCUT2D eigenvalue weighted by Gasteiger charge is 2.16. The normalized spacial score (nSPS) is 11.6. The van der Waals surface area contributed by atoms with Crippen LogP contribution in [0.4, 0.5) is 5.69 Å². The van der Waals surface area contributed by atoms with Crippen LogP contribution in [0.1, 0.15) is 12.5 Å². The summed E-state index contributed by atoms with van der Waals surface area (Å²) in [5.74, 6) is 1.08. The molecule has 0 saturated heterocycles. The van der Waals surface area contributed by atoms with Gasteiger partial charge in [0.2, 0.25) is 0 Å². The molecule has 1 amide bonds. The summed E-state index contributed by atoms with van der Waals surface area (Å²) in [6, 6.07) is 14.9. The Labute approximate surface area is 124 Å². The Morgan fingerprint density at radius 1 is 1.14 bits per heavy atom. The zero-order chi connectivity index (χ0) is 15.2. The number of ether oxygens (including phenoxy) is 2. The lowest BCUT2D eigenvalue weighted by Gasteiger charge is -2.16. The van der Waals surface area contributed by atoms with Gasteiger partial charge in [-0.2, -0.15) is 0 Å². The Hall–Kier alpha value is -2.49. The van der Waals surface area contributed by atoms with Crippen LogP contribution in [0.5, 0.6) is 11.5 Å². The molecule has 110 valence electrons. The monoisotopic (exact) mass is 285 g/mol. The molecule has 21 heavy (non-hydrogen) atoms. The van der Waals surface area contributed by atoms with Crippen LogP contribution >= 0.6 is 0 Å². The standard InChI is InChI=1S/C17H19NO3/c1-12-9-10-15(16(11-12)20-3)18-17(19)13(2)21-14-7-5-4-6-8-14/h4-11,13H,1-3H3,(H,18,19). The van der Waals surface area contributed by atoms with Crippen LogP contribution in [0.15, 0.2) is 48.5 Å². The SMILES string of the molecule is COc1cc(C)ccc1NC(=O)C(C)Oc1ccccc1. The van der Waals surface area contributed by atoms with Crippen molar-refractivity contribution < 1.29 is 14.3 Å². The molecule has 0 aromatic heterocycles. The van der Waals surface area contributed by atoms with Crippen molar-refractivity contribution in [3.63, 3.8) is 0 Å². The van der Waals surface area contributed by atoms with E-state index in [1.165, 1.54) is 0 Å². The summed E-state index contributed by atoms with van der Waals surface area (Å²) in [4.78, 5) is 12.2. The van der Waals surface area contributed by atoms with Crippen LogP contribution in [0.25, 0.3) is 0 Å². The maximum absolute atomic E-state index is 12.2. The highest BCUT2D eigenvalue weighted by Crippen LogP contribution is 2.25. The van der Waals surface area contributed by atoms with Gasteiger partial charge >= 0.3 is 0 Å². The molecule has 1 atom stereocenters. The second-order valence-corrected chi connectivity index (χ2v) is 4.77. The number of amides is 1. The van der Waals surface area contributed by atoms with E-state index in [0.29, 0.717) is 17.2 Å². The summed E-state index contributed by atoms with van der Waals surface area (Å²) in [5, 5.41) is 2.82. The second-order valence-electron chi connectivity index (χ2n) is 4.77. The number of anilines is 1. The van der Waals surface area contributed by atoms with Gasteiger partial charge in [-0.05, 0) is 43.7 Å². The lowest BCUT2D eigenvalue weighted by molar-refractivity contribution is -0.122. The first-order valence-electron chi connectivity index (χ1n) is 6.77. The molecule has 4 heteroatoms. The summed E-state index contributed by atoms with van der Waals surface area (Å²) in [5.41, 5.74) is 1.70. The van der Waals surface area contributed by atoms with Crippen molar-refractivity contribution in [2.75, 3.05) is 12.4 Å². The highest BCUT2D eigenvalue weighted by molar-refractivity contribution is 5.95. The maximum Gasteiger partial charge on any atom is 0.265 e. The predicted octanol–water partition coefficient (Wildman–Crippen LogP) is 3.41. The first kappa shape index (κ1) is 14.9. The molecular weight excluding hydrogens is 266 g/mol. The molecule has 1 N–H and O–H groups in total. The molecule has 0 aliphatic heterocycles. The summed E-state index contributed by atoms with van der Waals surface area (Å²) in [6.07, 6.45) is -0.599. The lowest BCUT2D eigenvalue weighted by atomic mass is 10.2. The second kappa shape index (κ2) is 6.79. The van der Waals surface area contributed by atoms with Crippen molar-refractivity contribution in [1.29, 1.82) is 0 Å². The van der Waals surface area contributed by atoms with Crippen molar-refractivity contribution in [1.82, 2.24) is 0 Å². The molecule has 0 heterocycles. The van der Waals surface area contributed by atoms with E-state index in [-0.39, 0.29) is 5.91 Å². The van der Waals surface area contributed by atoms with Gasteiger partial charge in [0.1, 0.15) is 11.5 Å². The molecule has 0 radical (unpaired) electrons. The molecule has 0 aliphatic rings. The van der Waals surface area contributed by atoms with Crippen molar-refractivity contribution in [2.24, 2.45) is 0 Å². The Balaban J connectivity index is 2.04. The smallest absolute Gasteiger partial charge is 0.265 e. The zero-order valence-corrected chi connectivity index (χ0v) is 12.4. The Morgan fingerprint density at radius 3 is 2.52 bits per heavy atom. The van der Waals surface area contributed by atoms with Gasteiger partial charge in [0.25, 0.3) is 5.91 Å². The molecule has 0 spiro atoms. The molecule has 0 fully saturated rings. The molecule has 4 nitrogen and oxygen atoms in total. The van der Waals surface area contributed by atoms with Crippen molar-refractivity contribution >= 4 is 11.6 Å². The summed E-state index contributed by atoms with van der Waals surface area (Å²) >= 11 is 0. The van der Waals surface area contributed by atoms with Gasteiger partial charge in [0.05, 0.1) is 12.8 Å². The number of aryl methyl sites for hydroxylation is 1. The number of rotatable bonds is 5. The Morgan fingerprint density at radius 2 is 1.86 bits per heavy atom. The zero-order valence-electron chi connectivity index (χ0n) is 12.4. The minimum atomic E-state index is -0.599. The number of hydrogen-bond donors (Lipinski definition) is 1. The third kappa shape index (κ3) is 3.99. The minimum Gasteiger partial charge on any atom is -0.495 e. The van der Waals surface area contributed by atoms with Gasteiger partial charge in [-0.25, -0.2) is 0 Å². The number of nitrogens with one attached hydrogen (secondary N) is 1. The third-order valence-electron chi connectivity index (χ3n) is 3.04. The number of methoxy groups -OCH3 is 1. The van der Waals surface area contributed by atoms with E-state index >= 15 is 0 Å². The van der Waals surface area contributed by atoms with Gasteiger partial charge in [0.15, 0.2) is 6.10 Å². The highest BCUT2D eigenvalue weighted by atomic mass is 16.5. The fraction of sp³-hybridized carbons (Fsp3) is 0.235. The lowest BCUT2D eigenvalue weighted by Crippen LogP contribution is -2.30. The first-order valence-corrected chi connectivity index (χ1v) is 6.77. The fourth-order valence-corrected chi connectivity index (χ4v) is 1.89. The minimum absolute atomic E-state index is 0.221. The molecule has 1 unspecified atom stereocenters. The van der Waals surface area contributed by atoms with E-state index < -0.39 is 6.10 Å². The number of benzene rings is 2. The van der Waals surface area contributed by atoms with E-state index in [2.05, 4.69) is 5.32 Å². The molecule has 2 rings (SSSR count). The van der Waals surface area contributed by atoms with Crippen molar-refractivity contribution in [3.8, 4) is 11.5 Å². The first-order chi connectivity index (χ1) is 10.1. The van der Waals surface area contributed by atoms with Crippen LogP contribution in [0.2, 0.25) is 0 Å². The van der Waals surface area contributed by atoms with E-state index in [1.54, 1.807) is 14.0 Å². The quantitative estimate of drug-likeness (QED) is 0.915. The van der Waals surface area contributed by atoms with Gasteiger partial charge in [-0.1, -0.05) is 24.3 Å². The Bertz CT molecular complexity index is 611. The summed E-state index contributed by atoms with van der Waals surface area (Å²) < 4.78 is 10.9. The largest absolute Gasteiger partial charge is 0.495 e. The van der Waals surface area contributed by atoms with Crippen LogP contribution in [-0.4, -0.2) is 19.1 Å². The summed E-state index contributed by atoms with van der Waals surface area (Å²) in [7, 11) is 1.58. The molecule has 0 bridgehead atoms. The van der Waals surface area contributed by atoms with E-state index in [1.807, 2.05) is 55.5 Å². The van der Waals surface area contributed by atoms with Gasteiger partial charge in [0, 0.05) is 0 Å². The average molecular weight is 285 g/mol. The van der Waals surface area contributed by atoms with Crippen LogP contribution in [0.3, 0.4) is 0 Å². The third-order valence-corrected chi connectivity index (χ3v) is 3.04. The Kier molecular flexibility index (Phi) is 4.82. The average Bonchev–Trinajstić information content (AvgIpc) is 2.49. The van der Waals surface area contributed by atoms with E-state index in [9.17, 15) is 4.79 Å². The number of hydrogen-bond acceptors (Lipinski definition) is 3. The molecular formula is C17H19NO3. The topological polar surface area (TPSA) is 47.6 Å². The van der Waals surface area contributed by atoms with E-state index in [0.717, 1.165) is 5.56 Å². The summed E-state index contributed by atoms with van der Waals surface area (Å²) in [6.45, 7) is 3.68. The van der Waals surface area contributed by atoms with Crippen molar-refractivity contribution in [3.05, 3.63) is 54.1 Å². The fourth-order valence-electron chi connectivity index (χ4n) is 1.89. The van der Waals surface area contributed by atoms with Gasteiger partial charge < -0.3 is 14.8 Å². The van der Waals surface area contributed by atoms with Gasteiger partial charge in [-0.15, -0.1) is 0 Å². The maximum atomic E-state index is 12.2. The molecule has 2 aromatic rings. The number of carbonyl (C=O) groups excluding carboxylic acids is 1. The van der Waals surface area contributed by atoms with Crippen LogP contribution < -0.4 is 14.8 Å².